The number of sulfonamides is 1. The quantitative estimate of drug-likeness (QED) is 0.929. The van der Waals surface area contributed by atoms with E-state index in [2.05, 4.69) is 4.98 Å². The SMILES string of the molecule is CS(=O)(=O)NC(=O)Cc1csc(-c2cccc(F)c2)n1. The van der Waals surface area contributed by atoms with Crippen molar-refractivity contribution >= 4 is 27.3 Å². The summed E-state index contributed by atoms with van der Waals surface area (Å²) in [6, 6.07) is 5.96. The summed E-state index contributed by atoms with van der Waals surface area (Å²) in [4.78, 5) is 15.6. The molecule has 1 aromatic carbocycles. The fourth-order valence-corrected chi connectivity index (χ4v) is 2.85. The van der Waals surface area contributed by atoms with Gasteiger partial charge in [-0.15, -0.1) is 11.3 Å². The second-order valence-corrected chi connectivity index (χ2v) is 6.74. The molecule has 20 heavy (non-hydrogen) atoms. The average Bonchev–Trinajstić information content (AvgIpc) is 2.74. The molecule has 0 radical (unpaired) electrons. The Morgan fingerprint density at radius 3 is 2.85 bits per heavy atom. The molecule has 2 rings (SSSR count). The number of amides is 1. The van der Waals surface area contributed by atoms with E-state index in [9.17, 15) is 17.6 Å². The number of hydrogen-bond acceptors (Lipinski definition) is 5. The Hall–Kier alpha value is -1.80. The van der Waals surface area contributed by atoms with Gasteiger partial charge in [0.05, 0.1) is 18.4 Å². The minimum absolute atomic E-state index is 0.140. The number of benzene rings is 1. The van der Waals surface area contributed by atoms with Gasteiger partial charge in [0, 0.05) is 10.9 Å². The molecule has 1 aromatic heterocycles. The minimum atomic E-state index is -3.57. The van der Waals surface area contributed by atoms with Crippen molar-refractivity contribution < 1.29 is 17.6 Å². The van der Waals surface area contributed by atoms with E-state index in [-0.39, 0.29) is 12.2 Å². The lowest BCUT2D eigenvalue weighted by molar-refractivity contribution is -0.118. The Morgan fingerprint density at radius 1 is 1.45 bits per heavy atom. The second kappa shape index (κ2) is 5.68. The summed E-state index contributed by atoms with van der Waals surface area (Å²) in [6.07, 6.45) is 0.767. The average molecular weight is 314 g/mol. The monoisotopic (exact) mass is 314 g/mol. The van der Waals surface area contributed by atoms with Crippen LogP contribution in [0.5, 0.6) is 0 Å². The summed E-state index contributed by atoms with van der Waals surface area (Å²) in [5.41, 5.74) is 1.06. The van der Waals surface area contributed by atoms with Crippen molar-refractivity contribution in [2.24, 2.45) is 0 Å². The number of rotatable bonds is 4. The molecule has 0 spiro atoms. The number of aromatic nitrogens is 1. The Morgan fingerprint density at radius 2 is 2.20 bits per heavy atom. The van der Waals surface area contributed by atoms with Crippen molar-refractivity contribution in [2.45, 2.75) is 6.42 Å². The van der Waals surface area contributed by atoms with Crippen LogP contribution in [-0.4, -0.2) is 25.6 Å². The van der Waals surface area contributed by atoms with Crippen molar-refractivity contribution in [3.63, 3.8) is 0 Å². The Bertz CT molecular complexity index is 741. The summed E-state index contributed by atoms with van der Waals surface area (Å²) in [5, 5.41) is 2.22. The molecule has 1 amide bonds. The number of carbonyl (C=O) groups is 1. The van der Waals surface area contributed by atoms with Crippen LogP contribution in [0.25, 0.3) is 10.6 Å². The molecule has 0 aliphatic carbocycles. The molecule has 2 aromatic rings. The highest BCUT2D eigenvalue weighted by molar-refractivity contribution is 7.89. The highest BCUT2D eigenvalue weighted by atomic mass is 32.2. The van der Waals surface area contributed by atoms with E-state index < -0.39 is 15.9 Å². The van der Waals surface area contributed by atoms with Crippen molar-refractivity contribution in [1.29, 1.82) is 0 Å². The maximum absolute atomic E-state index is 13.1. The zero-order chi connectivity index (χ0) is 14.8. The number of carbonyl (C=O) groups excluding carboxylic acids is 1. The maximum Gasteiger partial charge on any atom is 0.239 e. The number of nitrogens with one attached hydrogen (secondary N) is 1. The van der Waals surface area contributed by atoms with Crippen LogP contribution in [0, 0.1) is 5.82 Å². The third-order valence-corrected chi connectivity index (χ3v) is 3.80. The second-order valence-electron chi connectivity index (χ2n) is 4.13. The van der Waals surface area contributed by atoms with Crippen molar-refractivity contribution in [3.05, 3.63) is 41.2 Å². The number of thiazole rings is 1. The summed E-state index contributed by atoms with van der Waals surface area (Å²) < 4.78 is 36.8. The van der Waals surface area contributed by atoms with Crippen LogP contribution in [0.1, 0.15) is 5.69 Å². The number of hydrogen-bond donors (Lipinski definition) is 1. The molecule has 0 aliphatic heterocycles. The molecule has 8 heteroatoms. The van der Waals surface area contributed by atoms with E-state index in [0.717, 1.165) is 6.26 Å². The van der Waals surface area contributed by atoms with Crippen LogP contribution in [0.2, 0.25) is 0 Å². The standard InChI is InChI=1S/C12H11FN2O3S2/c1-20(17,18)15-11(16)6-10-7-19-12(14-10)8-3-2-4-9(13)5-8/h2-5,7H,6H2,1H3,(H,15,16). The topological polar surface area (TPSA) is 76.1 Å². The zero-order valence-electron chi connectivity index (χ0n) is 10.5. The highest BCUT2D eigenvalue weighted by Gasteiger charge is 2.12. The van der Waals surface area contributed by atoms with E-state index in [1.165, 1.54) is 23.5 Å². The zero-order valence-corrected chi connectivity index (χ0v) is 12.1. The lowest BCUT2D eigenvalue weighted by Gasteiger charge is -2.00. The normalized spacial score (nSPS) is 11.3. The fraction of sp³-hybridized carbons (Fsp3) is 0.167. The van der Waals surface area contributed by atoms with Gasteiger partial charge in [0.1, 0.15) is 10.8 Å². The van der Waals surface area contributed by atoms with Gasteiger partial charge < -0.3 is 0 Å². The first-order valence-electron chi connectivity index (χ1n) is 5.54. The van der Waals surface area contributed by atoms with E-state index >= 15 is 0 Å². The van der Waals surface area contributed by atoms with Gasteiger partial charge in [-0.2, -0.15) is 0 Å². The first-order valence-corrected chi connectivity index (χ1v) is 8.31. The molecule has 0 unspecified atom stereocenters. The van der Waals surface area contributed by atoms with E-state index in [1.54, 1.807) is 17.5 Å². The Kier molecular flexibility index (Phi) is 4.15. The molecule has 0 atom stereocenters. The van der Waals surface area contributed by atoms with E-state index in [1.807, 2.05) is 4.72 Å². The highest BCUT2D eigenvalue weighted by Crippen LogP contribution is 2.24. The minimum Gasteiger partial charge on any atom is -0.274 e. The van der Waals surface area contributed by atoms with Gasteiger partial charge in [-0.3, -0.25) is 9.52 Å². The van der Waals surface area contributed by atoms with Gasteiger partial charge in [0.25, 0.3) is 0 Å². The van der Waals surface area contributed by atoms with Gasteiger partial charge >= 0.3 is 0 Å². The molecule has 5 nitrogen and oxygen atoms in total. The summed E-state index contributed by atoms with van der Waals surface area (Å²) in [7, 11) is -3.57. The van der Waals surface area contributed by atoms with Crippen LogP contribution in [-0.2, 0) is 21.2 Å². The number of halogens is 1. The van der Waals surface area contributed by atoms with Gasteiger partial charge in [-0.1, -0.05) is 12.1 Å². The lowest BCUT2D eigenvalue weighted by Crippen LogP contribution is -2.30. The molecule has 0 saturated carbocycles. The van der Waals surface area contributed by atoms with Crippen LogP contribution < -0.4 is 4.72 Å². The van der Waals surface area contributed by atoms with Gasteiger partial charge in [-0.05, 0) is 12.1 Å². The first-order chi connectivity index (χ1) is 9.33. The fourth-order valence-electron chi connectivity index (χ4n) is 1.55. The van der Waals surface area contributed by atoms with Crippen LogP contribution in [0.15, 0.2) is 29.6 Å². The Balaban J connectivity index is 2.12. The number of nitrogens with zero attached hydrogens (tertiary/aromatic N) is 1. The lowest BCUT2D eigenvalue weighted by atomic mass is 10.2. The predicted octanol–water partition coefficient (Wildman–Crippen LogP) is 1.57. The van der Waals surface area contributed by atoms with E-state index in [4.69, 9.17) is 0 Å². The summed E-state index contributed by atoms with van der Waals surface area (Å²) >= 11 is 1.26. The molecule has 0 bridgehead atoms. The van der Waals surface area contributed by atoms with Crippen LogP contribution in [0.3, 0.4) is 0 Å². The third-order valence-electron chi connectivity index (χ3n) is 2.26. The molecule has 1 N–H and O–H groups in total. The van der Waals surface area contributed by atoms with Crippen molar-refractivity contribution in [2.75, 3.05) is 6.26 Å². The molecule has 106 valence electrons. The Labute approximate surface area is 119 Å². The third kappa shape index (κ3) is 4.10. The molecule has 0 fully saturated rings. The summed E-state index contributed by atoms with van der Waals surface area (Å²) in [6.45, 7) is 0. The first kappa shape index (κ1) is 14.6. The molecule has 0 saturated heterocycles. The molecule has 0 aliphatic rings. The smallest absolute Gasteiger partial charge is 0.239 e. The molecule has 1 heterocycles. The predicted molar refractivity (Wildman–Crippen MR) is 74.2 cm³/mol. The van der Waals surface area contributed by atoms with Gasteiger partial charge in [0.15, 0.2) is 0 Å². The largest absolute Gasteiger partial charge is 0.274 e. The van der Waals surface area contributed by atoms with Crippen molar-refractivity contribution in [1.82, 2.24) is 9.71 Å². The van der Waals surface area contributed by atoms with Crippen LogP contribution >= 0.6 is 11.3 Å². The maximum atomic E-state index is 13.1. The van der Waals surface area contributed by atoms with E-state index in [0.29, 0.717) is 16.3 Å². The van der Waals surface area contributed by atoms with Gasteiger partial charge in [0.2, 0.25) is 15.9 Å². The molecular weight excluding hydrogens is 303 g/mol. The summed E-state index contributed by atoms with van der Waals surface area (Å²) in [5.74, 6) is -1.02. The van der Waals surface area contributed by atoms with Crippen molar-refractivity contribution in [3.8, 4) is 10.6 Å². The molecular formula is C12H11FN2O3S2. The van der Waals surface area contributed by atoms with Crippen LogP contribution in [0.4, 0.5) is 4.39 Å². The van der Waals surface area contributed by atoms with Gasteiger partial charge in [-0.25, -0.2) is 17.8 Å².